The van der Waals surface area contributed by atoms with Crippen LogP contribution in [0.15, 0.2) is 42.5 Å². The molecule has 3 nitrogen and oxygen atoms in total. The number of hydrogen-bond donors (Lipinski definition) is 0. The summed E-state index contributed by atoms with van der Waals surface area (Å²) in [5, 5.41) is 0. The standard InChI is InChI=1S/C23H20F7NO2/c1-3-8-31-9-10-32-21(20(31)15-4-6-19(24)7-5-15)33-14(2)16-11-17(22(25,26)27)13-18(12-16)23(28,29)30/h1,4-7,11-14,20-21H,8-10H2,2H3/t14-,20+,21-/m1/s1. The Bertz CT molecular complexity index is 964. The predicted octanol–water partition coefficient (Wildman–Crippen LogP) is 5.97. The van der Waals surface area contributed by atoms with Crippen LogP contribution in [0, 0.1) is 18.2 Å². The minimum Gasteiger partial charge on any atom is -0.349 e. The van der Waals surface area contributed by atoms with Crippen LogP contribution < -0.4 is 0 Å². The van der Waals surface area contributed by atoms with Crippen molar-refractivity contribution >= 4 is 0 Å². The van der Waals surface area contributed by atoms with E-state index in [1.165, 1.54) is 31.2 Å². The average molecular weight is 475 g/mol. The molecule has 33 heavy (non-hydrogen) atoms. The van der Waals surface area contributed by atoms with E-state index in [9.17, 15) is 30.7 Å². The topological polar surface area (TPSA) is 21.7 Å². The van der Waals surface area contributed by atoms with Gasteiger partial charge >= 0.3 is 12.4 Å². The molecule has 1 heterocycles. The number of ether oxygens (including phenoxy) is 2. The Balaban J connectivity index is 1.94. The first-order chi connectivity index (χ1) is 15.4. The molecule has 1 aliphatic rings. The lowest BCUT2D eigenvalue weighted by Crippen LogP contribution is -2.46. The van der Waals surface area contributed by atoms with E-state index in [2.05, 4.69) is 5.92 Å². The molecule has 2 aromatic rings. The SMILES string of the molecule is C#CCN1CCO[C@H](O[C@H](C)c2cc(C(F)(F)F)cc(C(F)(F)F)c2)[C@@H]1c1ccc(F)cc1. The van der Waals surface area contributed by atoms with Crippen molar-refractivity contribution in [2.75, 3.05) is 19.7 Å². The summed E-state index contributed by atoms with van der Waals surface area (Å²) in [5.41, 5.74) is -2.61. The Kier molecular flexibility index (Phi) is 7.36. The van der Waals surface area contributed by atoms with Crippen molar-refractivity contribution in [2.45, 2.75) is 37.7 Å². The number of terminal acetylenes is 1. The van der Waals surface area contributed by atoms with E-state index in [1.807, 2.05) is 0 Å². The van der Waals surface area contributed by atoms with Gasteiger partial charge in [0.2, 0.25) is 0 Å². The van der Waals surface area contributed by atoms with Gasteiger partial charge < -0.3 is 9.47 Å². The molecule has 0 radical (unpaired) electrons. The highest BCUT2D eigenvalue weighted by Crippen LogP contribution is 2.39. The first-order valence-corrected chi connectivity index (χ1v) is 9.89. The molecule has 10 heteroatoms. The van der Waals surface area contributed by atoms with Crippen LogP contribution in [-0.2, 0) is 21.8 Å². The van der Waals surface area contributed by atoms with E-state index in [4.69, 9.17) is 15.9 Å². The van der Waals surface area contributed by atoms with E-state index in [1.54, 1.807) is 4.90 Å². The second kappa shape index (κ2) is 9.71. The Hall–Kier alpha value is -2.61. The second-order valence-electron chi connectivity index (χ2n) is 7.53. The molecule has 1 aliphatic heterocycles. The Morgan fingerprint density at radius 2 is 1.64 bits per heavy atom. The summed E-state index contributed by atoms with van der Waals surface area (Å²) in [6, 6.07) is 6.08. The van der Waals surface area contributed by atoms with Crippen LogP contribution in [0.25, 0.3) is 0 Å². The average Bonchev–Trinajstić information content (AvgIpc) is 2.73. The molecule has 0 bridgehead atoms. The molecule has 178 valence electrons. The molecule has 1 fully saturated rings. The Morgan fingerprint density at radius 1 is 1.06 bits per heavy atom. The fraction of sp³-hybridized carbons (Fsp3) is 0.391. The highest BCUT2D eigenvalue weighted by molar-refractivity contribution is 5.34. The van der Waals surface area contributed by atoms with Gasteiger partial charge in [-0.3, -0.25) is 4.90 Å². The van der Waals surface area contributed by atoms with Crippen molar-refractivity contribution in [3.63, 3.8) is 0 Å². The molecule has 2 aromatic carbocycles. The van der Waals surface area contributed by atoms with Crippen LogP contribution in [-0.4, -0.2) is 30.9 Å². The molecule has 0 unspecified atom stereocenters. The number of nitrogens with zero attached hydrogens (tertiary/aromatic N) is 1. The largest absolute Gasteiger partial charge is 0.416 e. The normalized spacial score (nSPS) is 20.9. The maximum Gasteiger partial charge on any atom is 0.416 e. The van der Waals surface area contributed by atoms with Gasteiger partial charge in [0.25, 0.3) is 0 Å². The van der Waals surface area contributed by atoms with Gasteiger partial charge in [-0.05, 0) is 48.4 Å². The summed E-state index contributed by atoms with van der Waals surface area (Å²) in [5.74, 6) is 2.01. The molecule has 3 rings (SSSR count). The number of halogens is 7. The van der Waals surface area contributed by atoms with Gasteiger partial charge in [0.15, 0.2) is 6.29 Å². The van der Waals surface area contributed by atoms with Crippen molar-refractivity contribution in [3.05, 3.63) is 70.5 Å². The first-order valence-electron chi connectivity index (χ1n) is 9.89. The van der Waals surface area contributed by atoms with Crippen LogP contribution >= 0.6 is 0 Å². The van der Waals surface area contributed by atoms with Crippen LogP contribution in [0.4, 0.5) is 30.7 Å². The fourth-order valence-corrected chi connectivity index (χ4v) is 3.62. The molecule has 0 N–H and O–H groups in total. The van der Waals surface area contributed by atoms with Gasteiger partial charge in [0, 0.05) is 6.54 Å². The smallest absolute Gasteiger partial charge is 0.349 e. The molecule has 1 saturated heterocycles. The fourth-order valence-electron chi connectivity index (χ4n) is 3.62. The molecule has 0 amide bonds. The van der Waals surface area contributed by atoms with Crippen molar-refractivity contribution in [2.24, 2.45) is 0 Å². The van der Waals surface area contributed by atoms with Gasteiger partial charge in [-0.2, -0.15) is 26.3 Å². The van der Waals surface area contributed by atoms with Crippen LogP contribution in [0.5, 0.6) is 0 Å². The Labute approximate surface area is 186 Å². The van der Waals surface area contributed by atoms with Crippen molar-refractivity contribution in [1.82, 2.24) is 4.90 Å². The molecule has 0 spiro atoms. The van der Waals surface area contributed by atoms with Crippen molar-refractivity contribution < 1.29 is 40.2 Å². The summed E-state index contributed by atoms with van der Waals surface area (Å²) < 4.78 is 104. The zero-order chi connectivity index (χ0) is 24.4. The minimum atomic E-state index is -4.97. The number of benzene rings is 2. The third kappa shape index (κ3) is 6.05. The van der Waals surface area contributed by atoms with Gasteiger partial charge in [-0.25, -0.2) is 4.39 Å². The van der Waals surface area contributed by atoms with E-state index < -0.39 is 47.7 Å². The van der Waals surface area contributed by atoms with E-state index >= 15 is 0 Å². The number of alkyl halides is 6. The maximum atomic E-state index is 13.4. The molecular weight excluding hydrogens is 455 g/mol. The van der Waals surface area contributed by atoms with Gasteiger partial charge in [0.05, 0.1) is 36.4 Å². The molecule has 0 aliphatic carbocycles. The Morgan fingerprint density at radius 3 is 2.15 bits per heavy atom. The van der Waals surface area contributed by atoms with Crippen LogP contribution in [0.2, 0.25) is 0 Å². The second-order valence-corrected chi connectivity index (χ2v) is 7.53. The monoisotopic (exact) mass is 475 g/mol. The zero-order valence-corrected chi connectivity index (χ0v) is 17.4. The van der Waals surface area contributed by atoms with E-state index in [-0.39, 0.29) is 24.8 Å². The summed E-state index contributed by atoms with van der Waals surface area (Å²) in [6.45, 7) is 2.09. The van der Waals surface area contributed by atoms with Crippen LogP contribution in [0.3, 0.4) is 0 Å². The third-order valence-corrected chi connectivity index (χ3v) is 5.24. The van der Waals surface area contributed by atoms with Crippen LogP contribution in [0.1, 0.15) is 41.3 Å². The van der Waals surface area contributed by atoms with Crippen molar-refractivity contribution in [1.29, 1.82) is 0 Å². The molecule has 0 saturated carbocycles. The lowest BCUT2D eigenvalue weighted by Gasteiger charge is -2.41. The van der Waals surface area contributed by atoms with E-state index in [0.717, 1.165) is 0 Å². The third-order valence-electron chi connectivity index (χ3n) is 5.24. The summed E-state index contributed by atoms with van der Waals surface area (Å²) in [6.07, 6.45) is -6.78. The number of morpholine rings is 1. The molecule has 3 atom stereocenters. The zero-order valence-electron chi connectivity index (χ0n) is 17.4. The number of rotatable bonds is 5. The molecular formula is C23H20F7NO2. The van der Waals surface area contributed by atoms with Gasteiger partial charge in [-0.1, -0.05) is 18.1 Å². The quantitative estimate of drug-likeness (QED) is 0.393. The first kappa shape index (κ1) is 25.0. The van der Waals surface area contributed by atoms with Gasteiger partial charge in [0.1, 0.15) is 5.82 Å². The lowest BCUT2D eigenvalue weighted by molar-refractivity contribution is -0.228. The minimum absolute atomic E-state index is 0.0588. The molecule has 0 aromatic heterocycles. The highest BCUT2D eigenvalue weighted by atomic mass is 19.4. The predicted molar refractivity (Wildman–Crippen MR) is 105 cm³/mol. The van der Waals surface area contributed by atoms with Crippen molar-refractivity contribution in [3.8, 4) is 12.3 Å². The summed E-state index contributed by atoms with van der Waals surface area (Å²) in [7, 11) is 0. The lowest BCUT2D eigenvalue weighted by atomic mass is 10.0. The summed E-state index contributed by atoms with van der Waals surface area (Å²) >= 11 is 0. The van der Waals surface area contributed by atoms with E-state index in [0.29, 0.717) is 24.2 Å². The maximum absolute atomic E-state index is 13.4. The highest BCUT2D eigenvalue weighted by Gasteiger charge is 2.39. The number of hydrogen-bond acceptors (Lipinski definition) is 3. The summed E-state index contributed by atoms with van der Waals surface area (Å²) in [4.78, 5) is 1.81. The van der Waals surface area contributed by atoms with Gasteiger partial charge in [-0.15, -0.1) is 6.42 Å².